The number of nitrogens with zero attached hydrogens (tertiary/aromatic N) is 1. The number of pyridine rings is 1. The lowest BCUT2D eigenvalue weighted by Crippen LogP contribution is -2.46. The summed E-state index contributed by atoms with van der Waals surface area (Å²) in [7, 11) is 0. The lowest BCUT2D eigenvalue weighted by atomic mass is 10.0. The van der Waals surface area contributed by atoms with Crippen molar-refractivity contribution >= 4 is 34.8 Å². The van der Waals surface area contributed by atoms with E-state index in [4.69, 9.17) is 31.0 Å². The standard InChI is InChI=1S/C22H20ClFN2O4.CH2O2/c1-13(22(28)26-6-8-29-9-7-26)30-15-3-5-16-18(11-15)21(27)25-12-19(16)17-4-2-14(24)10-20(17)23;2-1-3/h2-5,10-13H,6-9H2,1H3,(H,25,27);1H,(H,2,3). The van der Waals surface area contributed by atoms with Gasteiger partial charge in [-0.3, -0.25) is 14.4 Å². The van der Waals surface area contributed by atoms with Gasteiger partial charge in [0.2, 0.25) is 0 Å². The van der Waals surface area contributed by atoms with Crippen LogP contribution in [0.2, 0.25) is 5.02 Å². The number of morpholine rings is 1. The van der Waals surface area contributed by atoms with Gasteiger partial charge >= 0.3 is 0 Å². The Kier molecular flexibility index (Phi) is 8.02. The first-order valence-corrected chi connectivity index (χ1v) is 10.5. The molecule has 1 aliphatic heterocycles. The predicted molar refractivity (Wildman–Crippen MR) is 121 cm³/mol. The average molecular weight is 477 g/mol. The highest BCUT2D eigenvalue weighted by atomic mass is 35.5. The lowest BCUT2D eigenvalue weighted by molar-refractivity contribution is -0.142. The number of carbonyl (C=O) groups is 2. The monoisotopic (exact) mass is 476 g/mol. The van der Waals surface area contributed by atoms with E-state index in [9.17, 15) is 14.0 Å². The zero-order chi connectivity index (χ0) is 24.0. The number of hydrogen-bond acceptors (Lipinski definition) is 5. The summed E-state index contributed by atoms with van der Waals surface area (Å²) in [5.41, 5.74) is 0.965. The van der Waals surface area contributed by atoms with Crippen molar-refractivity contribution in [2.75, 3.05) is 26.3 Å². The van der Waals surface area contributed by atoms with Gasteiger partial charge in [-0.15, -0.1) is 0 Å². The third-order valence-corrected chi connectivity index (χ3v) is 5.39. The second kappa shape index (κ2) is 10.9. The van der Waals surface area contributed by atoms with Crippen LogP contribution < -0.4 is 10.3 Å². The number of hydrogen-bond donors (Lipinski definition) is 2. The number of nitrogens with one attached hydrogen (secondary N) is 1. The molecule has 8 nitrogen and oxygen atoms in total. The van der Waals surface area contributed by atoms with Gasteiger partial charge < -0.3 is 24.5 Å². The van der Waals surface area contributed by atoms with Crippen molar-refractivity contribution in [2.45, 2.75) is 13.0 Å². The smallest absolute Gasteiger partial charge is 0.290 e. The maximum atomic E-state index is 13.4. The lowest BCUT2D eigenvalue weighted by Gasteiger charge is -2.29. The van der Waals surface area contributed by atoms with E-state index in [1.807, 2.05) is 0 Å². The third-order valence-electron chi connectivity index (χ3n) is 5.08. The Balaban J connectivity index is 0.000000968. The zero-order valence-electron chi connectivity index (χ0n) is 17.7. The van der Waals surface area contributed by atoms with Crippen LogP contribution in [-0.2, 0) is 14.3 Å². The Labute approximate surface area is 193 Å². The Morgan fingerprint density at radius 3 is 2.58 bits per heavy atom. The molecule has 1 aliphatic rings. The molecular formula is C23H22ClFN2O6. The quantitative estimate of drug-likeness (QED) is 0.559. The molecule has 2 N–H and O–H groups in total. The summed E-state index contributed by atoms with van der Waals surface area (Å²) in [6, 6.07) is 9.14. The molecule has 0 saturated carbocycles. The van der Waals surface area contributed by atoms with E-state index in [0.717, 1.165) is 0 Å². The molecule has 1 unspecified atom stereocenters. The maximum absolute atomic E-state index is 13.4. The number of benzene rings is 2. The summed E-state index contributed by atoms with van der Waals surface area (Å²) in [6.07, 6.45) is 0.851. The van der Waals surface area contributed by atoms with E-state index in [0.29, 0.717) is 54.0 Å². The highest BCUT2D eigenvalue weighted by Gasteiger charge is 2.24. The number of amides is 1. The molecule has 1 aromatic heterocycles. The number of fused-ring (bicyclic) bond motifs is 1. The molecule has 0 radical (unpaired) electrons. The second-order valence-corrected chi connectivity index (χ2v) is 7.57. The molecule has 1 saturated heterocycles. The molecular weight excluding hydrogens is 455 g/mol. The van der Waals surface area contributed by atoms with Crippen molar-refractivity contribution in [2.24, 2.45) is 0 Å². The Morgan fingerprint density at radius 1 is 1.21 bits per heavy atom. The number of halogens is 2. The van der Waals surface area contributed by atoms with Crippen molar-refractivity contribution in [3.05, 3.63) is 63.8 Å². The van der Waals surface area contributed by atoms with Crippen LogP contribution in [0.15, 0.2) is 47.4 Å². The number of ether oxygens (including phenoxy) is 2. The van der Waals surface area contributed by atoms with Crippen molar-refractivity contribution in [1.29, 1.82) is 0 Å². The van der Waals surface area contributed by atoms with Crippen LogP contribution in [0.25, 0.3) is 21.9 Å². The molecule has 3 aromatic rings. The predicted octanol–water partition coefficient (Wildman–Crippen LogP) is 3.31. The number of carboxylic acid groups (broad SMARTS) is 1. The highest BCUT2D eigenvalue weighted by molar-refractivity contribution is 6.33. The van der Waals surface area contributed by atoms with E-state index >= 15 is 0 Å². The molecule has 33 heavy (non-hydrogen) atoms. The molecule has 0 bridgehead atoms. The zero-order valence-corrected chi connectivity index (χ0v) is 18.5. The molecule has 10 heteroatoms. The van der Waals surface area contributed by atoms with Gasteiger partial charge in [-0.1, -0.05) is 11.6 Å². The first kappa shape index (κ1) is 24.2. The fraction of sp³-hybridized carbons (Fsp3) is 0.261. The van der Waals surface area contributed by atoms with Gasteiger partial charge in [-0.2, -0.15) is 0 Å². The molecule has 1 atom stereocenters. The van der Waals surface area contributed by atoms with Gasteiger partial charge in [0.15, 0.2) is 6.10 Å². The van der Waals surface area contributed by atoms with Gasteiger partial charge in [0, 0.05) is 30.4 Å². The first-order valence-electron chi connectivity index (χ1n) is 10.1. The fourth-order valence-electron chi connectivity index (χ4n) is 3.54. The van der Waals surface area contributed by atoms with Crippen molar-refractivity contribution in [3.8, 4) is 16.9 Å². The minimum atomic E-state index is -0.700. The van der Waals surface area contributed by atoms with E-state index in [1.165, 1.54) is 12.1 Å². The van der Waals surface area contributed by atoms with E-state index in [2.05, 4.69) is 4.98 Å². The van der Waals surface area contributed by atoms with Crippen molar-refractivity contribution in [3.63, 3.8) is 0 Å². The van der Waals surface area contributed by atoms with Crippen LogP contribution in [0, 0.1) is 5.82 Å². The van der Waals surface area contributed by atoms with Crippen LogP contribution in [-0.4, -0.2) is 59.8 Å². The van der Waals surface area contributed by atoms with Gasteiger partial charge in [-0.25, -0.2) is 4.39 Å². The summed E-state index contributed by atoms with van der Waals surface area (Å²) in [4.78, 5) is 37.7. The van der Waals surface area contributed by atoms with Crippen molar-refractivity contribution in [1.82, 2.24) is 9.88 Å². The molecule has 2 heterocycles. The van der Waals surface area contributed by atoms with Gasteiger partial charge in [0.25, 0.3) is 17.9 Å². The summed E-state index contributed by atoms with van der Waals surface area (Å²) in [6.45, 7) is 3.52. The fourth-order valence-corrected chi connectivity index (χ4v) is 3.81. The van der Waals surface area contributed by atoms with Crippen LogP contribution in [0.1, 0.15) is 6.92 Å². The normalized spacial score (nSPS) is 14.2. The maximum Gasteiger partial charge on any atom is 0.290 e. The summed E-state index contributed by atoms with van der Waals surface area (Å²) in [5, 5.41) is 8.16. The Hall–Kier alpha value is -3.43. The summed E-state index contributed by atoms with van der Waals surface area (Å²) in [5.74, 6) is -0.157. The van der Waals surface area contributed by atoms with Crippen LogP contribution in [0.5, 0.6) is 5.75 Å². The molecule has 1 fully saturated rings. The van der Waals surface area contributed by atoms with Gasteiger partial charge in [0.05, 0.1) is 23.6 Å². The van der Waals surface area contributed by atoms with E-state index < -0.39 is 11.9 Å². The molecule has 2 aromatic carbocycles. The van der Waals surface area contributed by atoms with E-state index in [-0.39, 0.29) is 23.0 Å². The molecule has 174 valence electrons. The number of carbonyl (C=O) groups excluding carboxylic acids is 1. The SMILES string of the molecule is CC(Oc1ccc2c(-c3ccc(F)cc3Cl)c[nH]c(=O)c2c1)C(=O)N1CCOCC1.O=CO. The molecule has 1 amide bonds. The van der Waals surface area contributed by atoms with Crippen LogP contribution in [0.4, 0.5) is 4.39 Å². The number of rotatable bonds is 4. The highest BCUT2D eigenvalue weighted by Crippen LogP contribution is 2.33. The first-order chi connectivity index (χ1) is 15.8. The Bertz CT molecular complexity index is 1210. The Morgan fingerprint density at radius 2 is 1.91 bits per heavy atom. The summed E-state index contributed by atoms with van der Waals surface area (Å²) >= 11 is 6.21. The minimum absolute atomic E-state index is 0.126. The van der Waals surface area contributed by atoms with E-state index in [1.54, 1.807) is 42.3 Å². The summed E-state index contributed by atoms with van der Waals surface area (Å²) < 4.78 is 24.5. The number of aromatic amines is 1. The topological polar surface area (TPSA) is 109 Å². The average Bonchev–Trinajstić information content (AvgIpc) is 2.81. The van der Waals surface area contributed by atoms with Gasteiger partial charge in [-0.05, 0) is 48.7 Å². The minimum Gasteiger partial charge on any atom is -0.483 e. The van der Waals surface area contributed by atoms with Crippen molar-refractivity contribution < 1.29 is 28.6 Å². The third kappa shape index (κ3) is 5.68. The molecule has 0 aliphatic carbocycles. The molecule has 0 spiro atoms. The second-order valence-electron chi connectivity index (χ2n) is 7.17. The van der Waals surface area contributed by atoms with Gasteiger partial charge in [0.1, 0.15) is 11.6 Å². The van der Waals surface area contributed by atoms with Crippen LogP contribution >= 0.6 is 11.6 Å². The van der Waals surface area contributed by atoms with Crippen LogP contribution in [0.3, 0.4) is 0 Å². The largest absolute Gasteiger partial charge is 0.483 e. The number of H-pyrrole nitrogens is 1. The number of aromatic nitrogens is 1. The molecule has 4 rings (SSSR count).